The van der Waals surface area contributed by atoms with Crippen LogP contribution >= 0.6 is 23.1 Å². The number of carbonyl (C=O) groups is 4. The van der Waals surface area contributed by atoms with Crippen molar-refractivity contribution in [3.63, 3.8) is 0 Å². The Labute approximate surface area is 260 Å². The van der Waals surface area contributed by atoms with Crippen LogP contribution in [0.15, 0.2) is 51.8 Å². The maximum atomic E-state index is 13.3. The lowest BCUT2D eigenvalue weighted by Crippen LogP contribution is -2.71. The first-order valence-corrected chi connectivity index (χ1v) is 15.9. The maximum Gasteiger partial charge on any atom is 0.352 e. The lowest BCUT2D eigenvalue weighted by atomic mass is 10.0. The molecule has 4 aliphatic rings. The summed E-state index contributed by atoms with van der Waals surface area (Å²) in [6.45, 7) is 0.403. The van der Waals surface area contributed by atoms with Gasteiger partial charge in [-0.15, -0.1) is 23.1 Å². The Hall–Kier alpha value is -4.44. The second kappa shape index (κ2) is 12.3. The summed E-state index contributed by atoms with van der Waals surface area (Å²) in [6, 6.07) is 2.39. The molecule has 6 rings (SSSR count). The fraction of sp³-hybridized carbons (Fsp3) is 0.393. The molecule has 2 aromatic heterocycles. The molecule has 3 amide bonds. The molecule has 5 heterocycles. The molecule has 44 heavy (non-hydrogen) atoms. The van der Waals surface area contributed by atoms with Crippen molar-refractivity contribution in [1.82, 2.24) is 20.2 Å². The van der Waals surface area contributed by atoms with Gasteiger partial charge in [-0.25, -0.2) is 14.8 Å². The number of aromatic nitrogens is 2. The standard InChI is InChI=1S/C28H29N7O7S2/c1-41-19-7-6-16(11-30-19)34-9-8-14(24(34)37)10-15-12-43-26-21(25(38)35(26)22(15)27(39)40)32-23(36)20(18-13-44-28(29)31-18)33-42-17-4-2-3-5-17/h6-7,10-11,13,17,21,26H,2-5,8-9,12H2,1H3,(H2,29,31)(H,32,36)(H,39,40)/t21-,26-/m1/s1. The van der Waals surface area contributed by atoms with Crippen molar-refractivity contribution in [3.05, 3.63) is 52.3 Å². The minimum absolute atomic E-state index is 0.104. The predicted molar refractivity (Wildman–Crippen MR) is 162 cm³/mol. The van der Waals surface area contributed by atoms with Crippen molar-refractivity contribution >= 4 is 63.3 Å². The number of thiazole rings is 1. The van der Waals surface area contributed by atoms with Crippen molar-refractivity contribution in [3.8, 4) is 5.88 Å². The van der Waals surface area contributed by atoms with Gasteiger partial charge >= 0.3 is 5.97 Å². The fourth-order valence-electron chi connectivity index (χ4n) is 5.54. The number of oxime groups is 1. The zero-order valence-corrected chi connectivity index (χ0v) is 25.2. The average molecular weight is 640 g/mol. The summed E-state index contributed by atoms with van der Waals surface area (Å²) in [6.07, 6.45) is 7.08. The van der Waals surface area contributed by atoms with Crippen LogP contribution in [-0.2, 0) is 24.0 Å². The number of fused-ring (bicyclic) bond motifs is 1. The normalized spacial score (nSPS) is 23.2. The molecule has 0 spiro atoms. The van der Waals surface area contributed by atoms with Gasteiger partial charge in [-0.3, -0.25) is 19.3 Å². The van der Waals surface area contributed by atoms with Gasteiger partial charge in [0.1, 0.15) is 28.9 Å². The highest BCUT2D eigenvalue weighted by Crippen LogP contribution is 2.41. The number of carboxylic acid groups (broad SMARTS) is 1. The molecule has 0 bridgehead atoms. The predicted octanol–water partition coefficient (Wildman–Crippen LogP) is 1.89. The van der Waals surface area contributed by atoms with Crippen LogP contribution in [0.3, 0.4) is 0 Å². The van der Waals surface area contributed by atoms with Crippen LogP contribution in [-0.4, -0.2) is 86.3 Å². The number of hydrogen-bond acceptors (Lipinski definition) is 12. The first-order chi connectivity index (χ1) is 21.2. The van der Waals surface area contributed by atoms with E-state index in [0.717, 1.165) is 41.9 Å². The van der Waals surface area contributed by atoms with E-state index in [-0.39, 0.29) is 40.0 Å². The Morgan fingerprint density at radius 1 is 1.25 bits per heavy atom. The number of allylic oxidation sites excluding steroid dienone is 1. The number of amides is 3. The van der Waals surface area contributed by atoms with E-state index in [1.54, 1.807) is 28.5 Å². The van der Waals surface area contributed by atoms with E-state index in [1.807, 2.05) is 0 Å². The number of nitrogens with one attached hydrogen (secondary N) is 1. The molecule has 3 fully saturated rings. The topological polar surface area (TPSA) is 190 Å². The van der Waals surface area contributed by atoms with E-state index < -0.39 is 29.2 Å². The molecular weight excluding hydrogens is 610 g/mol. The van der Waals surface area contributed by atoms with Crippen molar-refractivity contribution in [1.29, 1.82) is 0 Å². The number of β-lactam (4-membered cyclic amide) rings is 1. The molecule has 0 aromatic carbocycles. The van der Waals surface area contributed by atoms with Gasteiger partial charge in [0.05, 0.1) is 19.0 Å². The third-order valence-corrected chi connectivity index (χ3v) is 9.75. The second-order valence-corrected chi connectivity index (χ2v) is 12.5. The summed E-state index contributed by atoms with van der Waals surface area (Å²) in [5, 5.41) is 18.1. The van der Waals surface area contributed by atoms with Crippen LogP contribution < -0.4 is 20.7 Å². The van der Waals surface area contributed by atoms with Gasteiger partial charge in [-0.05, 0) is 49.8 Å². The zero-order chi connectivity index (χ0) is 31.0. The molecule has 0 unspecified atom stereocenters. The van der Waals surface area contributed by atoms with Crippen LogP contribution in [0, 0.1) is 0 Å². The number of thioether (sulfide) groups is 1. The van der Waals surface area contributed by atoms with E-state index in [4.69, 9.17) is 15.3 Å². The average Bonchev–Trinajstić information content (AvgIpc) is 3.78. The highest BCUT2D eigenvalue weighted by molar-refractivity contribution is 8.00. The number of aliphatic carboxylic acids is 1. The number of nitrogen functional groups attached to an aromatic ring is 1. The summed E-state index contributed by atoms with van der Waals surface area (Å²) >= 11 is 2.44. The van der Waals surface area contributed by atoms with Crippen LogP contribution in [0.5, 0.6) is 5.88 Å². The Balaban J connectivity index is 1.19. The first kappa shape index (κ1) is 29.6. The van der Waals surface area contributed by atoms with E-state index in [9.17, 15) is 24.3 Å². The quantitative estimate of drug-likeness (QED) is 0.157. The number of methoxy groups -OCH3 is 1. The molecule has 14 nitrogen and oxygen atoms in total. The van der Waals surface area contributed by atoms with E-state index in [2.05, 4.69) is 20.4 Å². The molecule has 2 atom stereocenters. The summed E-state index contributed by atoms with van der Waals surface area (Å²) in [5.74, 6) is -2.18. The smallest absolute Gasteiger partial charge is 0.352 e. The largest absolute Gasteiger partial charge is 0.481 e. The number of carbonyl (C=O) groups excluding carboxylic acids is 3. The molecule has 1 saturated carbocycles. The SMILES string of the molecule is COc1ccc(N2CCC(=CC3=C(C(=O)O)N4C(=O)[C@@H](NC(=O)C(=NOC5CCCC5)c5csc(N)n5)[C@H]4SC3)C2=O)cn1. The zero-order valence-electron chi connectivity index (χ0n) is 23.6. The molecule has 3 aliphatic heterocycles. The Kier molecular flexibility index (Phi) is 8.27. The number of nitrogens with zero attached hydrogens (tertiary/aromatic N) is 5. The summed E-state index contributed by atoms with van der Waals surface area (Å²) in [7, 11) is 1.50. The number of pyridine rings is 1. The van der Waals surface area contributed by atoms with Crippen molar-refractivity contribution in [2.45, 2.75) is 49.6 Å². The summed E-state index contributed by atoms with van der Waals surface area (Å²) in [4.78, 5) is 68.8. The van der Waals surface area contributed by atoms with Gasteiger partial charge < -0.3 is 30.6 Å². The van der Waals surface area contributed by atoms with Gasteiger partial charge in [-0.1, -0.05) is 5.16 Å². The van der Waals surface area contributed by atoms with E-state index >= 15 is 0 Å². The second-order valence-electron chi connectivity index (χ2n) is 10.5. The van der Waals surface area contributed by atoms with Gasteiger partial charge in [0.15, 0.2) is 10.8 Å². The first-order valence-electron chi connectivity index (χ1n) is 13.9. The van der Waals surface area contributed by atoms with Crippen LogP contribution in [0.1, 0.15) is 37.8 Å². The molecule has 0 radical (unpaired) electrons. The maximum absolute atomic E-state index is 13.3. The molecule has 230 valence electrons. The van der Waals surface area contributed by atoms with Gasteiger partial charge in [0.2, 0.25) is 5.88 Å². The lowest BCUT2D eigenvalue weighted by Gasteiger charge is -2.49. The molecule has 1 aliphatic carbocycles. The molecule has 16 heteroatoms. The highest BCUT2D eigenvalue weighted by atomic mass is 32.2. The minimum Gasteiger partial charge on any atom is -0.481 e. The van der Waals surface area contributed by atoms with Gasteiger partial charge in [0, 0.05) is 29.3 Å². The van der Waals surface area contributed by atoms with Crippen LogP contribution in [0.25, 0.3) is 0 Å². The van der Waals surface area contributed by atoms with Crippen molar-refractivity contribution < 1.29 is 33.9 Å². The van der Waals surface area contributed by atoms with Crippen LogP contribution in [0.4, 0.5) is 10.8 Å². The van der Waals surface area contributed by atoms with Gasteiger partial charge in [0.25, 0.3) is 17.7 Å². The van der Waals surface area contributed by atoms with Crippen LogP contribution in [0.2, 0.25) is 0 Å². The third-order valence-electron chi connectivity index (χ3n) is 7.78. The van der Waals surface area contributed by atoms with Crippen molar-refractivity contribution in [2.75, 3.05) is 30.0 Å². The number of hydrogen-bond donors (Lipinski definition) is 3. The number of nitrogens with two attached hydrogens (primary N) is 1. The molecule has 2 aromatic rings. The molecular formula is C28H29N7O7S2. The number of ether oxygens (including phenoxy) is 1. The third kappa shape index (κ3) is 5.61. The lowest BCUT2D eigenvalue weighted by molar-refractivity contribution is -0.150. The van der Waals surface area contributed by atoms with E-state index in [0.29, 0.717) is 35.7 Å². The van der Waals surface area contributed by atoms with Crippen molar-refractivity contribution in [2.24, 2.45) is 5.16 Å². The number of anilines is 2. The monoisotopic (exact) mass is 639 g/mol. The Morgan fingerprint density at radius 2 is 2.05 bits per heavy atom. The molecule has 4 N–H and O–H groups in total. The summed E-state index contributed by atoms with van der Waals surface area (Å²) < 4.78 is 5.08. The molecule has 2 saturated heterocycles. The Morgan fingerprint density at radius 3 is 2.70 bits per heavy atom. The van der Waals surface area contributed by atoms with E-state index in [1.165, 1.54) is 25.1 Å². The number of carboxylic acids is 1. The fourth-order valence-corrected chi connectivity index (χ4v) is 7.40. The Bertz CT molecular complexity index is 1600. The highest BCUT2D eigenvalue weighted by Gasteiger charge is 2.54. The van der Waals surface area contributed by atoms with Gasteiger partial charge in [-0.2, -0.15) is 0 Å². The number of rotatable bonds is 9. The summed E-state index contributed by atoms with van der Waals surface area (Å²) in [5.41, 5.74) is 7.06. The minimum atomic E-state index is -1.30.